The van der Waals surface area contributed by atoms with Crippen LogP contribution in [0.2, 0.25) is 0 Å². The molecule has 2 spiro atoms. The van der Waals surface area contributed by atoms with Gasteiger partial charge in [-0.25, -0.2) is 0 Å². The summed E-state index contributed by atoms with van der Waals surface area (Å²) < 4.78 is 0. The van der Waals surface area contributed by atoms with Crippen LogP contribution in [0.5, 0.6) is 0 Å². The first-order chi connectivity index (χ1) is 31.9. The molecule has 6 atom stereocenters. The van der Waals surface area contributed by atoms with Crippen molar-refractivity contribution in [3.05, 3.63) is 210 Å². The van der Waals surface area contributed by atoms with Crippen molar-refractivity contribution in [2.45, 2.75) is 56.8 Å². The zero-order valence-corrected chi connectivity index (χ0v) is 37.1. The molecule has 6 unspecified atom stereocenters. The second-order valence-electron chi connectivity index (χ2n) is 20.9. The Morgan fingerprint density at radius 3 is 1.82 bits per heavy atom. The Bertz CT molecular complexity index is 3300. The molecule has 2 nitrogen and oxygen atoms in total. The zero-order valence-electron chi connectivity index (χ0n) is 37.1. The fourth-order valence-corrected chi connectivity index (χ4v) is 15.4. The number of hydrogen-bond acceptors (Lipinski definition) is 2. The van der Waals surface area contributed by atoms with Gasteiger partial charge in [0, 0.05) is 27.8 Å². The van der Waals surface area contributed by atoms with E-state index in [0.29, 0.717) is 11.0 Å². The van der Waals surface area contributed by atoms with Gasteiger partial charge in [-0.2, -0.15) is 5.26 Å². The Morgan fingerprint density at radius 1 is 0.492 bits per heavy atom. The van der Waals surface area contributed by atoms with Crippen LogP contribution in [0.15, 0.2) is 182 Å². The van der Waals surface area contributed by atoms with Crippen LogP contribution in [0, 0.1) is 40.4 Å². The van der Waals surface area contributed by atoms with E-state index in [9.17, 15) is 5.26 Å². The average molecular weight is 835 g/mol. The van der Waals surface area contributed by atoms with E-state index in [1.807, 2.05) is 24.3 Å². The van der Waals surface area contributed by atoms with Crippen LogP contribution in [-0.2, 0) is 10.8 Å². The molecule has 0 aromatic heterocycles. The highest BCUT2D eigenvalue weighted by Crippen LogP contribution is 2.83. The minimum atomic E-state index is -0.237. The number of nitriles is 1. The summed E-state index contributed by atoms with van der Waals surface area (Å²) in [5.41, 5.74) is 23.5. The topological polar surface area (TPSA) is 27.0 Å². The second-order valence-corrected chi connectivity index (χ2v) is 20.9. The first-order valence-corrected chi connectivity index (χ1v) is 24.0. The van der Waals surface area contributed by atoms with E-state index in [2.05, 4.69) is 183 Å². The van der Waals surface area contributed by atoms with E-state index >= 15 is 0 Å². The molecule has 0 aliphatic heterocycles. The Kier molecular flexibility index (Phi) is 7.66. The lowest BCUT2D eigenvalue weighted by Gasteiger charge is -2.54. The molecule has 4 saturated carbocycles. The van der Waals surface area contributed by atoms with Crippen LogP contribution in [-0.4, -0.2) is 0 Å². The monoisotopic (exact) mass is 834 g/mol. The summed E-state index contributed by atoms with van der Waals surface area (Å²) >= 11 is 0. The van der Waals surface area contributed by atoms with Gasteiger partial charge in [-0.3, -0.25) is 0 Å². The SMILES string of the molecule is CC1(C)c2cccc(N(c3ccc(-c4ccccc4)cc3)c3ccc(-c4ccc(C#N)cc4)cc3)c2-c2cccc(-c3ccc4c(c3)-c3ccccc3C43C4CC5CC6CC3C6(C5)C4)c21. The molecule has 8 aromatic carbocycles. The Balaban J connectivity index is 0.908. The quantitative estimate of drug-likeness (QED) is 0.167. The lowest BCUT2D eigenvalue weighted by atomic mass is 9.49. The van der Waals surface area contributed by atoms with Crippen molar-refractivity contribution >= 4 is 17.1 Å². The third-order valence-corrected chi connectivity index (χ3v) is 17.8. The molecule has 0 radical (unpaired) electrons. The van der Waals surface area contributed by atoms with Crippen LogP contribution in [0.1, 0.15) is 73.8 Å². The number of nitrogens with zero attached hydrogens (tertiary/aromatic N) is 2. The molecular weight excluding hydrogens is 785 g/mol. The van der Waals surface area contributed by atoms with Crippen LogP contribution < -0.4 is 4.90 Å². The Hall–Kier alpha value is -6.95. The predicted octanol–water partition coefficient (Wildman–Crippen LogP) is 16.1. The maximum absolute atomic E-state index is 9.42. The minimum absolute atomic E-state index is 0.183. The number of rotatable bonds is 6. The summed E-state index contributed by atoms with van der Waals surface area (Å²) in [5, 5.41) is 9.42. The lowest BCUT2D eigenvalue weighted by molar-refractivity contribution is -0.0193. The van der Waals surface area contributed by atoms with Crippen molar-refractivity contribution in [3.63, 3.8) is 0 Å². The van der Waals surface area contributed by atoms with Gasteiger partial charge in [0.25, 0.3) is 0 Å². The molecule has 8 aromatic rings. The predicted molar refractivity (Wildman–Crippen MR) is 265 cm³/mol. The van der Waals surface area contributed by atoms with Crippen molar-refractivity contribution in [1.82, 2.24) is 0 Å². The van der Waals surface area contributed by atoms with Gasteiger partial charge in [-0.1, -0.05) is 147 Å². The molecule has 14 rings (SSSR count). The van der Waals surface area contributed by atoms with Crippen molar-refractivity contribution in [1.29, 1.82) is 5.26 Å². The van der Waals surface area contributed by atoms with Crippen LogP contribution in [0.3, 0.4) is 0 Å². The van der Waals surface area contributed by atoms with E-state index in [4.69, 9.17) is 0 Å². The summed E-state index contributed by atoms with van der Waals surface area (Å²) in [5.74, 6) is 3.47. The van der Waals surface area contributed by atoms with Crippen LogP contribution in [0.25, 0.3) is 55.6 Å². The van der Waals surface area contributed by atoms with Gasteiger partial charge in [0.15, 0.2) is 0 Å². The zero-order chi connectivity index (χ0) is 43.2. The number of hydrogen-bond donors (Lipinski definition) is 0. The maximum atomic E-state index is 9.42. The molecule has 4 fully saturated rings. The molecule has 6 aliphatic carbocycles. The minimum Gasteiger partial charge on any atom is -0.310 e. The van der Waals surface area contributed by atoms with Gasteiger partial charge in [0.2, 0.25) is 0 Å². The van der Waals surface area contributed by atoms with Crippen molar-refractivity contribution < 1.29 is 0 Å². The van der Waals surface area contributed by atoms with Gasteiger partial charge in [0.1, 0.15) is 0 Å². The third-order valence-electron chi connectivity index (χ3n) is 17.8. The standard InChI is InChI=1S/C63H50N2/c1-61(2)56-16-9-17-57(65(48-27-22-43(23-28-48)41-10-4-3-5-11-41)49-29-24-44(25-30-49)42-20-18-39(38-64)19-21-42)59(56)52-14-8-13-50(60(52)61)45-26-31-55-53(34-45)51-12-6-7-15-54(51)63(55)47-33-40-32-46-35-58(63)62(46,36-40)37-47/h3-31,34,40,46-47,58H,32-33,35-37H2,1-2H3. The molecule has 0 N–H and O–H groups in total. The molecule has 3 bridgehead atoms. The Morgan fingerprint density at radius 2 is 1.08 bits per heavy atom. The summed E-state index contributed by atoms with van der Waals surface area (Å²) in [4.78, 5) is 2.45. The summed E-state index contributed by atoms with van der Waals surface area (Å²) in [6.07, 6.45) is 7.29. The second kappa shape index (κ2) is 13.3. The molecule has 312 valence electrons. The van der Waals surface area contributed by atoms with E-state index in [1.54, 1.807) is 11.1 Å². The average Bonchev–Trinajstić information content (AvgIpc) is 3.91. The Labute approximate surface area is 382 Å². The number of fused-ring (bicyclic) bond motifs is 12. The van der Waals surface area contributed by atoms with Gasteiger partial charge in [-0.05, 0) is 182 Å². The van der Waals surface area contributed by atoms with Gasteiger partial charge in [-0.15, -0.1) is 0 Å². The summed E-state index contributed by atoms with van der Waals surface area (Å²) in [6, 6.07) is 70.0. The molecule has 0 heterocycles. The van der Waals surface area contributed by atoms with Gasteiger partial charge in [0.05, 0.1) is 17.3 Å². The molecule has 0 amide bonds. The van der Waals surface area contributed by atoms with Crippen molar-refractivity contribution in [3.8, 4) is 61.7 Å². The molecule has 2 heteroatoms. The van der Waals surface area contributed by atoms with Crippen LogP contribution >= 0.6 is 0 Å². The fourth-order valence-electron chi connectivity index (χ4n) is 15.4. The third kappa shape index (κ3) is 4.94. The number of benzene rings is 8. The van der Waals surface area contributed by atoms with E-state index in [0.717, 1.165) is 46.2 Å². The fraction of sp³-hybridized carbons (Fsp3) is 0.222. The molecular formula is C63H50N2. The molecule has 6 aliphatic rings. The van der Waals surface area contributed by atoms with Crippen molar-refractivity contribution in [2.24, 2.45) is 29.1 Å². The largest absolute Gasteiger partial charge is 0.310 e. The van der Waals surface area contributed by atoms with Gasteiger partial charge >= 0.3 is 0 Å². The highest BCUT2D eigenvalue weighted by molar-refractivity contribution is 5.98. The van der Waals surface area contributed by atoms with Gasteiger partial charge < -0.3 is 4.90 Å². The van der Waals surface area contributed by atoms with Crippen molar-refractivity contribution in [2.75, 3.05) is 4.90 Å². The normalized spacial score (nSPS) is 25.0. The summed E-state index contributed by atoms with van der Waals surface area (Å²) in [6.45, 7) is 4.88. The van der Waals surface area contributed by atoms with E-state index in [-0.39, 0.29) is 10.8 Å². The lowest BCUT2D eigenvalue weighted by Crippen LogP contribution is -2.50. The summed E-state index contributed by atoms with van der Waals surface area (Å²) in [7, 11) is 0. The van der Waals surface area contributed by atoms with E-state index in [1.165, 1.54) is 93.4 Å². The van der Waals surface area contributed by atoms with Crippen LogP contribution in [0.4, 0.5) is 17.1 Å². The highest BCUT2D eigenvalue weighted by atomic mass is 15.1. The maximum Gasteiger partial charge on any atom is 0.0991 e. The molecule has 0 saturated heterocycles. The smallest absolute Gasteiger partial charge is 0.0991 e. The first kappa shape index (κ1) is 37.4. The highest BCUT2D eigenvalue weighted by Gasteiger charge is 2.76. The molecule has 65 heavy (non-hydrogen) atoms. The number of anilines is 3. The first-order valence-electron chi connectivity index (χ1n) is 24.0. The van der Waals surface area contributed by atoms with E-state index < -0.39 is 0 Å².